The molecule has 0 fully saturated rings. The van der Waals surface area contributed by atoms with Gasteiger partial charge in [0.05, 0.1) is 0 Å². The average Bonchev–Trinajstić information content (AvgIpc) is 3.07. The maximum absolute atomic E-state index is 4.50. The van der Waals surface area contributed by atoms with E-state index >= 15 is 0 Å². The summed E-state index contributed by atoms with van der Waals surface area (Å²) in [6.07, 6.45) is 2.93. The molecule has 3 aromatic rings. The summed E-state index contributed by atoms with van der Waals surface area (Å²) in [5, 5.41) is 9.00. The van der Waals surface area contributed by atoms with E-state index in [1.807, 2.05) is 0 Å². The lowest BCUT2D eigenvalue weighted by atomic mass is 10.1. The minimum absolute atomic E-state index is 0.948. The highest BCUT2D eigenvalue weighted by molar-refractivity contribution is 5.47. The molecule has 1 aliphatic heterocycles. The van der Waals surface area contributed by atoms with Crippen LogP contribution in [0.3, 0.4) is 0 Å². The van der Waals surface area contributed by atoms with Gasteiger partial charge >= 0.3 is 0 Å². The zero-order chi connectivity index (χ0) is 20.8. The van der Waals surface area contributed by atoms with E-state index in [1.165, 1.54) is 16.8 Å². The van der Waals surface area contributed by atoms with Crippen molar-refractivity contribution in [3.8, 4) is 0 Å². The summed E-state index contributed by atoms with van der Waals surface area (Å²) in [5.74, 6) is 2.26. The number of aryl methyl sites for hydroxylation is 2. The van der Waals surface area contributed by atoms with Crippen molar-refractivity contribution in [3.63, 3.8) is 0 Å². The van der Waals surface area contributed by atoms with Gasteiger partial charge in [0.1, 0.15) is 11.6 Å². The molecule has 0 saturated heterocycles. The molecule has 158 valence electrons. The van der Waals surface area contributed by atoms with Crippen molar-refractivity contribution >= 4 is 5.69 Å². The van der Waals surface area contributed by atoms with Gasteiger partial charge in [-0.2, -0.15) is 0 Å². The van der Waals surface area contributed by atoms with Crippen LogP contribution in [0.4, 0.5) is 5.69 Å². The second kappa shape index (κ2) is 9.90. The van der Waals surface area contributed by atoms with Crippen molar-refractivity contribution in [1.82, 2.24) is 19.7 Å². The lowest BCUT2D eigenvalue weighted by Crippen LogP contribution is -2.27. The Morgan fingerprint density at radius 3 is 2.30 bits per heavy atom. The monoisotopic (exact) mass is 403 g/mol. The van der Waals surface area contributed by atoms with Crippen molar-refractivity contribution < 1.29 is 0 Å². The van der Waals surface area contributed by atoms with Crippen LogP contribution in [0.5, 0.6) is 0 Å². The van der Waals surface area contributed by atoms with E-state index in [1.54, 1.807) is 0 Å². The normalized spacial score (nSPS) is 14.3. The molecule has 0 spiro atoms. The van der Waals surface area contributed by atoms with Gasteiger partial charge in [0.25, 0.3) is 0 Å². The number of hydrogen-bond donors (Lipinski definition) is 0. The first-order valence-electron chi connectivity index (χ1n) is 11.3. The number of nitrogens with zero attached hydrogens (tertiary/aromatic N) is 5. The Kier molecular flexibility index (Phi) is 6.80. The number of rotatable bonds is 8. The number of anilines is 1. The van der Waals surface area contributed by atoms with E-state index in [2.05, 4.69) is 93.0 Å². The standard InChI is InChI=1S/C25H33N5/c1-3-29(4-2)23-13-10-22(11-14-23)20-28-17-16-25-27-26-24(30(25)19-18-28)15-12-21-8-6-5-7-9-21/h5-11,13-14H,3-4,12,15-20H2,1-2H3. The van der Waals surface area contributed by atoms with Gasteiger partial charge in [0.15, 0.2) is 0 Å². The molecule has 5 nitrogen and oxygen atoms in total. The van der Waals surface area contributed by atoms with Crippen molar-refractivity contribution in [2.45, 2.75) is 46.2 Å². The predicted molar refractivity (Wildman–Crippen MR) is 123 cm³/mol. The maximum atomic E-state index is 4.50. The summed E-state index contributed by atoms with van der Waals surface area (Å²) in [7, 11) is 0. The number of hydrogen-bond acceptors (Lipinski definition) is 4. The summed E-state index contributed by atoms with van der Waals surface area (Å²) in [4.78, 5) is 4.93. The van der Waals surface area contributed by atoms with E-state index in [-0.39, 0.29) is 0 Å². The summed E-state index contributed by atoms with van der Waals surface area (Å²) in [6, 6.07) is 19.7. The van der Waals surface area contributed by atoms with Gasteiger partial charge in [0, 0.05) is 57.8 Å². The molecule has 0 unspecified atom stereocenters. The molecule has 0 N–H and O–H groups in total. The van der Waals surface area contributed by atoms with E-state index in [0.717, 1.165) is 70.2 Å². The van der Waals surface area contributed by atoms with Crippen LogP contribution < -0.4 is 4.90 Å². The first kappa shape index (κ1) is 20.6. The van der Waals surface area contributed by atoms with Gasteiger partial charge in [-0.25, -0.2) is 0 Å². The highest BCUT2D eigenvalue weighted by atomic mass is 15.3. The number of aromatic nitrogens is 3. The number of fused-ring (bicyclic) bond motifs is 1. The van der Waals surface area contributed by atoms with Crippen LogP contribution >= 0.6 is 0 Å². The SMILES string of the molecule is CCN(CC)c1ccc(CN2CCc3nnc(CCc4ccccc4)n3CC2)cc1. The van der Waals surface area contributed by atoms with E-state index < -0.39 is 0 Å². The first-order valence-corrected chi connectivity index (χ1v) is 11.3. The average molecular weight is 404 g/mol. The second-order valence-corrected chi connectivity index (χ2v) is 8.03. The van der Waals surface area contributed by atoms with Gasteiger partial charge in [0.2, 0.25) is 0 Å². The lowest BCUT2D eigenvalue weighted by Gasteiger charge is -2.23. The molecule has 0 saturated carbocycles. The first-order chi connectivity index (χ1) is 14.8. The Bertz CT molecular complexity index is 912. The third-order valence-electron chi connectivity index (χ3n) is 6.15. The van der Waals surface area contributed by atoms with Crippen molar-refractivity contribution in [2.24, 2.45) is 0 Å². The molecule has 2 aromatic carbocycles. The summed E-state index contributed by atoms with van der Waals surface area (Å²) >= 11 is 0. The minimum Gasteiger partial charge on any atom is -0.372 e. The summed E-state index contributed by atoms with van der Waals surface area (Å²) in [5.41, 5.74) is 4.06. The zero-order valence-electron chi connectivity index (χ0n) is 18.3. The molecule has 5 heteroatoms. The molecular formula is C25H33N5. The summed E-state index contributed by atoms with van der Waals surface area (Å²) in [6.45, 7) is 10.6. The van der Waals surface area contributed by atoms with Crippen molar-refractivity contribution in [1.29, 1.82) is 0 Å². The van der Waals surface area contributed by atoms with E-state index in [4.69, 9.17) is 0 Å². The number of benzene rings is 2. The Morgan fingerprint density at radius 1 is 0.800 bits per heavy atom. The van der Waals surface area contributed by atoms with Crippen molar-refractivity contribution in [2.75, 3.05) is 31.1 Å². The minimum atomic E-state index is 0.948. The van der Waals surface area contributed by atoms with Crippen LogP contribution in [-0.4, -0.2) is 45.8 Å². The van der Waals surface area contributed by atoms with E-state index in [0.29, 0.717) is 0 Å². The highest BCUT2D eigenvalue weighted by Gasteiger charge is 2.18. The zero-order valence-corrected chi connectivity index (χ0v) is 18.3. The predicted octanol–water partition coefficient (Wildman–Crippen LogP) is 3.97. The topological polar surface area (TPSA) is 37.2 Å². The Morgan fingerprint density at radius 2 is 1.57 bits per heavy atom. The smallest absolute Gasteiger partial charge is 0.134 e. The highest BCUT2D eigenvalue weighted by Crippen LogP contribution is 2.18. The molecule has 1 aromatic heterocycles. The molecule has 0 aliphatic carbocycles. The Hall–Kier alpha value is -2.66. The van der Waals surface area contributed by atoms with Crippen molar-refractivity contribution in [3.05, 3.63) is 77.4 Å². The van der Waals surface area contributed by atoms with Crippen LogP contribution in [-0.2, 0) is 32.4 Å². The fourth-order valence-corrected chi connectivity index (χ4v) is 4.33. The molecule has 2 heterocycles. The molecule has 30 heavy (non-hydrogen) atoms. The Balaban J connectivity index is 1.35. The van der Waals surface area contributed by atoms with Gasteiger partial charge in [-0.1, -0.05) is 42.5 Å². The molecule has 1 aliphatic rings. The summed E-state index contributed by atoms with van der Waals surface area (Å²) < 4.78 is 2.35. The van der Waals surface area contributed by atoms with Crippen LogP contribution in [0.2, 0.25) is 0 Å². The third kappa shape index (κ3) is 4.90. The third-order valence-corrected chi connectivity index (χ3v) is 6.15. The van der Waals surface area contributed by atoms with Gasteiger partial charge in [-0.05, 0) is 43.5 Å². The molecule has 0 amide bonds. The van der Waals surface area contributed by atoms with E-state index in [9.17, 15) is 0 Å². The van der Waals surface area contributed by atoms with Crippen LogP contribution in [0, 0.1) is 0 Å². The van der Waals surface area contributed by atoms with Crippen LogP contribution in [0.25, 0.3) is 0 Å². The maximum Gasteiger partial charge on any atom is 0.134 e. The van der Waals surface area contributed by atoms with Gasteiger partial charge < -0.3 is 9.47 Å². The van der Waals surface area contributed by atoms with Gasteiger partial charge in [-0.15, -0.1) is 10.2 Å². The quantitative estimate of drug-likeness (QED) is 0.570. The van der Waals surface area contributed by atoms with Gasteiger partial charge in [-0.3, -0.25) is 4.90 Å². The fourth-order valence-electron chi connectivity index (χ4n) is 4.33. The Labute approximate surface area is 180 Å². The molecule has 4 rings (SSSR count). The largest absolute Gasteiger partial charge is 0.372 e. The molecule has 0 radical (unpaired) electrons. The van der Waals surface area contributed by atoms with Crippen LogP contribution in [0.1, 0.15) is 36.6 Å². The molecule has 0 bridgehead atoms. The molecular weight excluding hydrogens is 370 g/mol. The fraction of sp³-hybridized carbons (Fsp3) is 0.440. The molecule has 0 atom stereocenters. The lowest BCUT2D eigenvalue weighted by molar-refractivity contribution is 0.270. The second-order valence-electron chi connectivity index (χ2n) is 8.03. The van der Waals surface area contributed by atoms with Crippen LogP contribution in [0.15, 0.2) is 54.6 Å².